The van der Waals surface area contributed by atoms with E-state index in [0.29, 0.717) is 17.2 Å². The quantitative estimate of drug-likeness (QED) is 0.764. The number of nitrogens with zero attached hydrogens (tertiary/aromatic N) is 1. The molecule has 0 aliphatic heterocycles. The summed E-state index contributed by atoms with van der Waals surface area (Å²) in [7, 11) is 4.71. The number of carbonyl (C=O) groups is 2. The Labute approximate surface area is 113 Å². The maximum atomic E-state index is 11.9. The van der Waals surface area contributed by atoms with Crippen molar-refractivity contribution in [2.45, 2.75) is 20.3 Å². The molecule has 1 aromatic carbocycles. The lowest BCUT2D eigenvalue weighted by atomic mass is 10.1. The van der Waals surface area contributed by atoms with E-state index in [4.69, 9.17) is 9.47 Å². The topological polar surface area (TPSA) is 55.8 Å². The minimum Gasteiger partial charge on any atom is -0.496 e. The predicted molar refractivity (Wildman–Crippen MR) is 73.0 cm³/mol. The summed E-state index contributed by atoms with van der Waals surface area (Å²) in [6.45, 7) is 3.28. The highest BCUT2D eigenvalue weighted by Crippen LogP contribution is 2.34. The molecular formula is C14H19NO4. The number of Topliss-reactive ketones (excluding diaryl/α,β-unsaturated/α-hetero) is 1. The van der Waals surface area contributed by atoms with Gasteiger partial charge in [-0.1, -0.05) is 0 Å². The maximum absolute atomic E-state index is 11.9. The zero-order valence-electron chi connectivity index (χ0n) is 11.9. The molecule has 0 heterocycles. The molecule has 0 saturated heterocycles. The molecule has 0 bridgehead atoms. The van der Waals surface area contributed by atoms with E-state index in [9.17, 15) is 9.59 Å². The smallest absolute Gasteiger partial charge is 0.234 e. The molecule has 0 aromatic heterocycles. The third-order valence-electron chi connectivity index (χ3n) is 2.83. The Morgan fingerprint density at radius 1 is 1.16 bits per heavy atom. The number of anilines is 1. The van der Waals surface area contributed by atoms with Crippen LogP contribution in [0.5, 0.6) is 11.5 Å². The second-order valence-electron chi connectivity index (χ2n) is 4.33. The number of rotatable bonds is 5. The van der Waals surface area contributed by atoms with Crippen LogP contribution in [-0.4, -0.2) is 33.0 Å². The molecule has 0 spiro atoms. The molecule has 0 aliphatic carbocycles. The van der Waals surface area contributed by atoms with Gasteiger partial charge in [0.15, 0.2) is 0 Å². The second kappa shape index (κ2) is 6.22. The number of methoxy groups -OCH3 is 2. The van der Waals surface area contributed by atoms with Crippen molar-refractivity contribution in [3.05, 3.63) is 17.7 Å². The summed E-state index contributed by atoms with van der Waals surface area (Å²) in [4.78, 5) is 24.3. The first kappa shape index (κ1) is 15.0. The van der Waals surface area contributed by atoms with Gasteiger partial charge in [-0.25, -0.2) is 0 Å². The second-order valence-corrected chi connectivity index (χ2v) is 4.33. The van der Waals surface area contributed by atoms with Crippen LogP contribution in [0.15, 0.2) is 12.1 Å². The van der Waals surface area contributed by atoms with Crippen LogP contribution in [0.3, 0.4) is 0 Å². The van der Waals surface area contributed by atoms with E-state index in [2.05, 4.69) is 0 Å². The molecule has 5 heteroatoms. The van der Waals surface area contributed by atoms with E-state index in [0.717, 1.165) is 5.56 Å². The van der Waals surface area contributed by atoms with Crippen molar-refractivity contribution in [3.63, 3.8) is 0 Å². The lowest BCUT2D eigenvalue weighted by Crippen LogP contribution is -2.28. The minimum absolute atomic E-state index is 0.129. The molecule has 1 rings (SSSR count). The van der Waals surface area contributed by atoms with Gasteiger partial charge < -0.3 is 14.4 Å². The van der Waals surface area contributed by atoms with E-state index in [-0.39, 0.29) is 18.1 Å². The average molecular weight is 265 g/mol. The number of aryl methyl sites for hydroxylation is 1. The number of benzene rings is 1. The van der Waals surface area contributed by atoms with Crippen molar-refractivity contribution in [3.8, 4) is 11.5 Å². The summed E-state index contributed by atoms with van der Waals surface area (Å²) < 4.78 is 10.5. The Balaban J connectivity index is 3.16. The largest absolute Gasteiger partial charge is 0.496 e. The van der Waals surface area contributed by atoms with Crippen LogP contribution >= 0.6 is 0 Å². The van der Waals surface area contributed by atoms with Crippen LogP contribution < -0.4 is 14.4 Å². The number of ether oxygens (including phenoxy) is 2. The fourth-order valence-electron chi connectivity index (χ4n) is 1.76. The van der Waals surface area contributed by atoms with E-state index in [1.165, 1.54) is 18.9 Å². The highest BCUT2D eigenvalue weighted by atomic mass is 16.5. The lowest BCUT2D eigenvalue weighted by molar-refractivity contribution is -0.125. The first-order valence-corrected chi connectivity index (χ1v) is 5.89. The monoisotopic (exact) mass is 265 g/mol. The number of hydrogen-bond acceptors (Lipinski definition) is 4. The lowest BCUT2D eigenvalue weighted by Gasteiger charge is -2.21. The Kier molecular flexibility index (Phi) is 4.92. The summed E-state index contributed by atoms with van der Waals surface area (Å²) in [5.41, 5.74) is 1.49. The molecule has 0 radical (unpaired) electrons. The molecule has 5 nitrogen and oxygen atoms in total. The highest BCUT2D eigenvalue weighted by molar-refractivity contribution is 6.05. The maximum Gasteiger partial charge on any atom is 0.234 e. The Bertz CT molecular complexity index is 496. The van der Waals surface area contributed by atoms with Crippen molar-refractivity contribution in [2.24, 2.45) is 0 Å². The average Bonchev–Trinajstić information content (AvgIpc) is 2.36. The number of hydrogen-bond donors (Lipinski definition) is 0. The van der Waals surface area contributed by atoms with E-state index in [1.54, 1.807) is 26.3 Å². The first-order valence-electron chi connectivity index (χ1n) is 5.89. The molecule has 0 unspecified atom stereocenters. The van der Waals surface area contributed by atoms with Gasteiger partial charge in [0.05, 0.1) is 26.3 Å². The predicted octanol–water partition coefficient (Wildman–Crippen LogP) is 1.95. The first-order chi connectivity index (χ1) is 8.90. The van der Waals surface area contributed by atoms with Crippen molar-refractivity contribution in [1.82, 2.24) is 0 Å². The van der Waals surface area contributed by atoms with E-state index < -0.39 is 0 Å². The van der Waals surface area contributed by atoms with Crippen LogP contribution in [0.25, 0.3) is 0 Å². The van der Waals surface area contributed by atoms with Crippen LogP contribution in [0.1, 0.15) is 18.9 Å². The molecule has 1 amide bonds. The fourth-order valence-corrected chi connectivity index (χ4v) is 1.76. The molecule has 0 aliphatic rings. The zero-order valence-corrected chi connectivity index (χ0v) is 11.9. The van der Waals surface area contributed by atoms with E-state index in [1.807, 2.05) is 6.92 Å². The van der Waals surface area contributed by atoms with Crippen molar-refractivity contribution in [1.29, 1.82) is 0 Å². The Morgan fingerprint density at radius 3 is 2.21 bits per heavy atom. The highest BCUT2D eigenvalue weighted by Gasteiger charge is 2.18. The number of carbonyl (C=O) groups excluding carboxylic acids is 2. The summed E-state index contributed by atoms with van der Waals surface area (Å²) in [6, 6.07) is 3.53. The van der Waals surface area contributed by atoms with Gasteiger partial charge in [-0.3, -0.25) is 9.59 Å². The van der Waals surface area contributed by atoms with Crippen molar-refractivity contribution < 1.29 is 19.1 Å². The third kappa shape index (κ3) is 3.47. The number of ketones is 1. The van der Waals surface area contributed by atoms with Crippen LogP contribution in [0.2, 0.25) is 0 Å². The third-order valence-corrected chi connectivity index (χ3v) is 2.83. The van der Waals surface area contributed by atoms with Crippen LogP contribution in [0, 0.1) is 6.92 Å². The van der Waals surface area contributed by atoms with Crippen molar-refractivity contribution >= 4 is 17.4 Å². The molecule has 0 saturated carbocycles. The van der Waals surface area contributed by atoms with Crippen LogP contribution in [0.4, 0.5) is 5.69 Å². The molecule has 104 valence electrons. The summed E-state index contributed by atoms with van der Waals surface area (Å²) >= 11 is 0. The SMILES string of the molecule is COc1cc(N(C)C(=O)CC(C)=O)c(OC)cc1C. The normalized spacial score (nSPS) is 9.95. The summed E-state index contributed by atoms with van der Waals surface area (Å²) in [6.07, 6.45) is -0.129. The molecule has 19 heavy (non-hydrogen) atoms. The van der Waals surface area contributed by atoms with Gasteiger partial charge in [0.1, 0.15) is 17.3 Å². The van der Waals surface area contributed by atoms with Gasteiger partial charge in [0, 0.05) is 13.1 Å². The summed E-state index contributed by atoms with van der Waals surface area (Å²) in [5.74, 6) is 0.780. The van der Waals surface area contributed by atoms with Gasteiger partial charge >= 0.3 is 0 Å². The van der Waals surface area contributed by atoms with Gasteiger partial charge in [-0.15, -0.1) is 0 Å². The van der Waals surface area contributed by atoms with Gasteiger partial charge in [-0.2, -0.15) is 0 Å². The van der Waals surface area contributed by atoms with Gasteiger partial charge in [0.2, 0.25) is 5.91 Å². The van der Waals surface area contributed by atoms with Gasteiger partial charge in [0.25, 0.3) is 0 Å². The summed E-state index contributed by atoms with van der Waals surface area (Å²) in [5, 5.41) is 0. The molecule has 0 fully saturated rings. The molecule has 0 atom stereocenters. The Hall–Kier alpha value is -2.04. The minimum atomic E-state index is -0.281. The standard InChI is InChI=1S/C14H19NO4/c1-9-6-13(19-5)11(8-12(9)18-4)15(3)14(17)7-10(2)16/h6,8H,7H2,1-5H3. The molecule has 1 aromatic rings. The zero-order chi connectivity index (χ0) is 14.6. The number of amides is 1. The fraction of sp³-hybridized carbons (Fsp3) is 0.429. The molecule has 0 N–H and O–H groups in total. The van der Waals surface area contributed by atoms with Crippen LogP contribution in [-0.2, 0) is 9.59 Å². The van der Waals surface area contributed by atoms with Gasteiger partial charge in [-0.05, 0) is 25.5 Å². The molecular weight excluding hydrogens is 246 g/mol. The van der Waals surface area contributed by atoms with E-state index >= 15 is 0 Å². The Morgan fingerprint density at radius 2 is 1.74 bits per heavy atom. The van der Waals surface area contributed by atoms with Crippen molar-refractivity contribution in [2.75, 3.05) is 26.2 Å².